The lowest BCUT2D eigenvalue weighted by Crippen LogP contribution is -2.47. The summed E-state index contributed by atoms with van der Waals surface area (Å²) in [6.07, 6.45) is 0.571. The third-order valence-electron chi connectivity index (χ3n) is 5.63. The summed E-state index contributed by atoms with van der Waals surface area (Å²) in [6.45, 7) is 0.291. The fourth-order valence-corrected chi connectivity index (χ4v) is 4.32. The molecular formula is C26H22Cl2N2O3. The molecule has 1 saturated heterocycles. The number of nitrogens with zero attached hydrogens (tertiary/aromatic N) is 2. The first-order chi connectivity index (χ1) is 15.9. The van der Waals surface area contributed by atoms with Gasteiger partial charge in [0, 0.05) is 16.6 Å². The van der Waals surface area contributed by atoms with E-state index in [1.807, 2.05) is 24.3 Å². The number of hydrogen-bond donors (Lipinski definition) is 0. The van der Waals surface area contributed by atoms with Gasteiger partial charge in [0.1, 0.15) is 6.04 Å². The van der Waals surface area contributed by atoms with Gasteiger partial charge in [-0.1, -0.05) is 65.7 Å². The van der Waals surface area contributed by atoms with E-state index in [2.05, 4.69) is 0 Å². The second-order valence-corrected chi connectivity index (χ2v) is 8.77. The van der Waals surface area contributed by atoms with Crippen molar-refractivity contribution in [2.24, 2.45) is 0 Å². The van der Waals surface area contributed by atoms with Crippen molar-refractivity contribution >= 4 is 46.6 Å². The molecule has 0 aromatic heterocycles. The highest BCUT2D eigenvalue weighted by molar-refractivity contribution is 6.30. The average molecular weight is 481 g/mol. The van der Waals surface area contributed by atoms with E-state index < -0.39 is 6.04 Å². The Balaban J connectivity index is 1.58. The number of hydrogen-bond acceptors (Lipinski definition) is 3. The van der Waals surface area contributed by atoms with E-state index in [0.717, 1.165) is 11.1 Å². The molecule has 33 heavy (non-hydrogen) atoms. The Labute approximate surface area is 202 Å². The van der Waals surface area contributed by atoms with Gasteiger partial charge < -0.3 is 4.90 Å². The molecule has 0 saturated carbocycles. The van der Waals surface area contributed by atoms with Crippen LogP contribution in [0.2, 0.25) is 10.0 Å². The highest BCUT2D eigenvalue weighted by atomic mass is 35.5. The van der Waals surface area contributed by atoms with E-state index in [1.54, 1.807) is 54.6 Å². The van der Waals surface area contributed by atoms with Crippen LogP contribution in [-0.2, 0) is 27.2 Å². The normalized spacial score (nSPS) is 15.7. The summed E-state index contributed by atoms with van der Waals surface area (Å²) in [4.78, 5) is 42.1. The minimum absolute atomic E-state index is 0.0460. The van der Waals surface area contributed by atoms with Gasteiger partial charge in [0.05, 0.1) is 18.5 Å². The van der Waals surface area contributed by atoms with Gasteiger partial charge in [0.2, 0.25) is 11.8 Å². The third kappa shape index (κ3) is 5.44. The number of halogens is 2. The van der Waals surface area contributed by atoms with E-state index in [9.17, 15) is 14.4 Å². The van der Waals surface area contributed by atoms with Crippen LogP contribution in [0.1, 0.15) is 17.5 Å². The molecule has 1 aliphatic heterocycles. The van der Waals surface area contributed by atoms with Crippen molar-refractivity contribution in [1.82, 2.24) is 4.90 Å². The molecule has 1 aliphatic rings. The lowest BCUT2D eigenvalue weighted by molar-refractivity contribution is -0.137. The Morgan fingerprint density at radius 2 is 1.61 bits per heavy atom. The Morgan fingerprint density at radius 1 is 0.879 bits per heavy atom. The standard InChI is InChI=1S/C26H22Cl2N2O3/c27-20-11-9-19(10-12-20)16-24(31)29(14-13-18-5-4-6-21(28)15-18)23-17-25(32)30(26(23)33)22-7-2-1-3-8-22/h1-12,15,23H,13-14,16-17H2. The van der Waals surface area contributed by atoms with Crippen molar-refractivity contribution in [3.8, 4) is 0 Å². The van der Waals surface area contributed by atoms with Crippen molar-refractivity contribution in [2.75, 3.05) is 11.4 Å². The highest BCUT2D eigenvalue weighted by Crippen LogP contribution is 2.26. The van der Waals surface area contributed by atoms with Gasteiger partial charge in [-0.3, -0.25) is 14.4 Å². The van der Waals surface area contributed by atoms with Crippen LogP contribution in [0.15, 0.2) is 78.9 Å². The number of anilines is 1. The zero-order valence-corrected chi connectivity index (χ0v) is 19.3. The van der Waals surface area contributed by atoms with Crippen molar-refractivity contribution in [3.05, 3.63) is 100 Å². The van der Waals surface area contributed by atoms with Crippen molar-refractivity contribution < 1.29 is 14.4 Å². The molecule has 0 radical (unpaired) electrons. The van der Waals surface area contributed by atoms with Crippen LogP contribution in [0.25, 0.3) is 0 Å². The maximum absolute atomic E-state index is 13.4. The molecule has 168 valence electrons. The number of rotatable bonds is 7. The zero-order valence-electron chi connectivity index (χ0n) is 17.8. The first-order valence-corrected chi connectivity index (χ1v) is 11.4. The molecule has 0 spiro atoms. The Hall–Kier alpha value is -3.15. The van der Waals surface area contributed by atoms with Crippen LogP contribution in [0.4, 0.5) is 5.69 Å². The van der Waals surface area contributed by atoms with E-state index in [0.29, 0.717) is 28.7 Å². The van der Waals surface area contributed by atoms with Crippen LogP contribution in [0, 0.1) is 0 Å². The number of imide groups is 1. The first kappa shape index (κ1) is 23.0. The minimum atomic E-state index is -0.850. The van der Waals surface area contributed by atoms with Crippen LogP contribution in [0.5, 0.6) is 0 Å². The van der Waals surface area contributed by atoms with Gasteiger partial charge in [-0.25, -0.2) is 4.90 Å². The third-order valence-corrected chi connectivity index (χ3v) is 6.12. The van der Waals surface area contributed by atoms with Crippen molar-refractivity contribution in [1.29, 1.82) is 0 Å². The molecule has 0 N–H and O–H groups in total. The number of carbonyl (C=O) groups excluding carboxylic acids is 3. The van der Waals surface area contributed by atoms with Crippen molar-refractivity contribution in [2.45, 2.75) is 25.3 Å². The summed E-state index contributed by atoms with van der Waals surface area (Å²) in [5.74, 6) is -0.926. The summed E-state index contributed by atoms with van der Waals surface area (Å²) < 4.78 is 0. The fraction of sp³-hybridized carbons (Fsp3) is 0.192. The first-order valence-electron chi connectivity index (χ1n) is 10.6. The fourth-order valence-electron chi connectivity index (χ4n) is 3.98. The molecular weight excluding hydrogens is 459 g/mol. The molecule has 1 fully saturated rings. The number of para-hydroxylation sites is 1. The monoisotopic (exact) mass is 480 g/mol. The second kappa shape index (κ2) is 10.2. The number of benzene rings is 3. The Kier molecular flexibility index (Phi) is 7.11. The van der Waals surface area contributed by atoms with E-state index in [-0.39, 0.29) is 30.6 Å². The largest absolute Gasteiger partial charge is 0.329 e. The van der Waals surface area contributed by atoms with Crippen LogP contribution in [0.3, 0.4) is 0 Å². The van der Waals surface area contributed by atoms with Gasteiger partial charge in [0.25, 0.3) is 5.91 Å². The van der Waals surface area contributed by atoms with Gasteiger partial charge in [0.15, 0.2) is 0 Å². The Bertz CT molecular complexity index is 1170. The predicted octanol–water partition coefficient (Wildman–Crippen LogP) is 4.94. The quantitative estimate of drug-likeness (QED) is 0.450. The summed E-state index contributed by atoms with van der Waals surface area (Å²) in [6, 6.07) is 22.3. The maximum atomic E-state index is 13.4. The topological polar surface area (TPSA) is 57.7 Å². The molecule has 0 bridgehead atoms. The molecule has 3 amide bonds. The van der Waals surface area contributed by atoms with E-state index in [1.165, 1.54) is 9.80 Å². The van der Waals surface area contributed by atoms with Gasteiger partial charge >= 0.3 is 0 Å². The Morgan fingerprint density at radius 3 is 2.30 bits per heavy atom. The zero-order chi connectivity index (χ0) is 23.4. The predicted molar refractivity (Wildman–Crippen MR) is 129 cm³/mol. The van der Waals surface area contributed by atoms with Gasteiger partial charge in [-0.05, 0) is 53.9 Å². The molecule has 4 rings (SSSR count). The molecule has 1 atom stereocenters. The molecule has 0 aliphatic carbocycles. The summed E-state index contributed by atoms with van der Waals surface area (Å²) in [5, 5.41) is 1.19. The van der Waals surface area contributed by atoms with Gasteiger partial charge in [-0.15, -0.1) is 0 Å². The average Bonchev–Trinajstić information content (AvgIpc) is 3.10. The lowest BCUT2D eigenvalue weighted by atomic mass is 10.1. The molecule has 7 heteroatoms. The van der Waals surface area contributed by atoms with Gasteiger partial charge in [-0.2, -0.15) is 0 Å². The molecule has 1 unspecified atom stereocenters. The molecule has 1 heterocycles. The van der Waals surface area contributed by atoms with Crippen LogP contribution >= 0.6 is 23.2 Å². The molecule has 3 aromatic rings. The smallest absolute Gasteiger partial charge is 0.257 e. The molecule has 3 aromatic carbocycles. The second-order valence-electron chi connectivity index (χ2n) is 7.89. The molecule has 5 nitrogen and oxygen atoms in total. The summed E-state index contributed by atoms with van der Waals surface area (Å²) in [5.41, 5.74) is 2.24. The van der Waals surface area contributed by atoms with E-state index >= 15 is 0 Å². The van der Waals surface area contributed by atoms with Crippen LogP contribution < -0.4 is 4.90 Å². The maximum Gasteiger partial charge on any atom is 0.257 e. The SMILES string of the molecule is O=C1CC(N(CCc2cccc(Cl)c2)C(=O)Cc2ccc(Cl)cc2)C(=O)N1c1ccccc1. The summed E-state index contributed by atoms with van der Waals surface area (Å²) >= 11 is 12.1. The summed E-state index contributed by atoms with van der Waals surface area (Å²) in [7, 11) is 0. The highest BCUT2D eigenvalue weighted by Gasteiger charge is 2.44. The van der Waals surface area contributed by atoms with E-state index in [4.69, 9.17) is 23.2 Å². The number of carbonyl (C=O) groups is 3. The number of amides is 3. The van der Waals surface area contributed by atoms with Crippen LogP contribution in [-0.4, -0.2) is 35.2 Å². The lowest BCUT2D eigenvalue weighted by Gasteiger charge is -2.28. The minimum Gasteiger partial charge on any atom is -0.329 e. The van der Waals surface area contributed by atoms with Crippen molar-refractivity contribution in [3.63, 3.8) is 0 Å².